The third-order valence-electron chi connectivity index (χ3n) is 1.55. The van der Waals surface area contributed by atoms with Gasteiger partial charge in [-0.15, -0.1) is 10.2 Å². The van der Waals surface area contributed by atoms with E-state index in [0.717, 1.165) is 5.82 Å². The van der Waals surface area contributed by atoms with Crippen LogP contribution >= 0.6 is 7.14 Å². The normalized spacial score (nSPS) is 12.0. The fourth-order valence-electron chi connectivity index (χ4n) is 0.865. The summed E-state index contributed by atoms with van der Waals surface area (Å²) in [4.78, 5) is 0. The molecule has 62 valence electrons. The highest BCUT2D eigenvalue weighted by molar-refractivity contribution is 7.69. The maximum absolute atomic E-state index is 11.5. The van der Waals surface area contributed by atoms with Gasteiger partial charge in [-0.1, -0.05) is 0 Å². The van der Waals surface area contributed by atoms with Crippen molar-refractivity contribution < 1.29 is 4.57 Å². The first-order chi connectivity index (χ1) is 4.93. The van der Waals surface area contributed by atoms with E-state index in [1.165, 1.54) is 0 Å². The van der Waals surface area contributed by atoms with Gasteiger partial charge >= 0.3 is 0 Å². The SMILES string of the molecule is Cc1nnc(P(C)(C)=O)n1C. The Morgan fingerprint density at radius 1 is 1.36 bits per heavy atom. The van der Waals surface area contributed by atoms with Crippen LogP contribution < -0.4 is 5.57 Å². The van der Waals surface area contributed by atoms with Gasteiger partial charge in [0.15, 0.2) is 5.57 Å². The van der Waals surface area contributed by atoms with E-state index in [-0.39, 0.29) is 0 Å². The lowest BCUT2D eigenvalue weighted by Gasteiger charge is -2.04. The van der Waals surface area contributed by atoms with E-state index >= 15 is 0 Å². The molecule has 0 aliphatic carbocycles. The second-order valence-corrected chi connectivity index (χ2v) is 6.06. The van der Waals surface area contributed by atoms with Crippen LogP contribution in [0.3, 0.4) is 0 Å². The number of hydrogen-bond acceptors (Lipinski definition) is 3. The Morgan fingerprint density at radius 2 is 1.91 bits per heavy atom. The second kappa shape index (κ2) is 2.45. The van der Waals surface area contributed by atoms with Crippen molar-refractivity contribution in [1.82, 2.24) is 14.8 Å². The molecule has 0 N–H and O–H groups in total. The molecular weight excluding hydrogens is 161 g/mol. The monoisotopic (exact) mass is 173 g/mol. The van der Waals surface area contributed by atoms with E-state index in [9.17, 15) is 4.57 Å². The molecule has 1 heterocycles. The zero-order valence-electron chi connectivity index (χ0n) is 7.20. The van der Waals surface area contributed by atoms with E-state index in [2.05, 4.69) is 10.2 Å². The van der Waals surface area contributed by atoms with Gasteiger partial charge in [0, 0.05) is 7.05 Å². The molecule has 0 spiro atoms. The van der Waals surface area contributed by atoms with Gasteiger partial charge in [-0.25, -0.2) is 0 Å². The summed E-state index contributed by atoms with van der Waals surface area (Å²) in [5.74, 6) is 0.795. The van der Waals surface area contributed by atoms with Crippen molar-refractivity contribution in [2.45, 2.75) is 6.92 Å². The Labute approximate surface area is 66.0 Å². The smallest absolute Gasteiger partial charge is 0.192 e. The standard InChI is InChI=1S/C6H12N3OP/c1-5-7-8-6(9(5)2)11(3,4)10/h1-4H3. The Hall–Kier alpha value is -0.630. The molecule has 0 saturated carbocycles. The Balaban J connectivity index is 3.26. The third kappa shape index (κ3) is 1.51. The van der Waals surface area contributed by atoms with Crippen molar-refractivity contribution >= 4 is 12.7 Å². The predicted molar refractivity (Wildman–Crippen MR) is 44.8 cm³/mol. The molecule has 1 aromatic heterocycles. The highest BCUT2D eigenvalue weighted by Gasteiger charge is 2.18. The van der Waals surface area contributed by atoms with Crippen LogP contribution in [0.15, 0.2) is 0 Å². The topological polar surface area (TPSA) is 47.8 Å². The molecule has 0 bridgehead atoms. The number of rotatable bonds is 1. The van der Waals surface area contributed by atoms with E-state index in [4.69, 9.17) is 0 Å². The molecule has 0 aliphatic heterocycles. The maximum Gasteiger partial charge on any atom is 0.192 e. The van der Waals surface area contributed by atoms with Crippen molar-refractivity contribution in [3.8, 4) is 0 Å². The van der Waals surface area contributed by atoms with E-state index in [1.807, 2.05) is 14.0 Å². The minimum atomic E-state index is -2.25. The second-order valence-electron chi connectivity index (χ2n) is 2.96. The first kappa shape index (κ1) is 8.47. The lowest BCUT2D eigenvalue weighted by molar-refractivity contribution is 0.586. The van der Waals surface area contributed by atoms with Gasteiger partial charge in [-0.05, 0) is 20.3 Å². The number of hydrogen-bond donors (Lipinski definition) is 0. The third-order valence-corrected chi connectivity index (χ3v) is 2.90. The first-order valence-corrected chi connectivity index (χ1v) is 5.94. The molecule has 0 atom stereocenters. The van der Waals surface area contributed by atoms with Gasteiger partial charge < -0.3 is 9.13 Å². The first-order valence-electron chi connectivity index (χ1n) is 3.34. The summed E-state index contributed by atoms with van der Waals surface area (Å²) in [6.07, 6.45) is 0. The van der Waals surface area contributed by atoms with Crippen LogP contribution in [0.5, 0.6) is 0 Å². The van der Waals surface area contributed by atoms with Crippen LogP contribution in [0, 0.1) is 6.92 Å². The van der Waals surface area contributed by atoms with Crippen LogP contribution in [0.1, 0.15) is 5.82 Å². The quantitative estimate of drug-likeness (QED) is 0.576. The highest BCUT2D eigenvalue weighted by Crippen LogP contribution is 2.32. The van der Waals surface area contributed by atoms with Gasteiger partial charge in [0.05, 0.1) is 0 Å². The highest BCUT2D eigenvalue weighted by atomic mass is 31.2. The summed E-state index contributed by atoms with van der Waals surface area (Å²) in [5, 5.41) is 7.66. The molecule has 5 heteroatoms. The molecule has 0 saturated heterocycles. The van der Waals surface area contributed by atoms with Crippen molar-refractivity contribution in [2.24, 2.45) is 7.05 Å². The van der Waals surface area contributed by atoms with Gasteiger partial charge in [-0.3, -0.25) is 0 Å². The van der Waals surface area contributed by atoms with E-state index in [1.54, 1.807) is 17.9 Å². The minimum Gasteiger partial charge on any atom is -0.316 e. The average molecular weight is 173 g/mol. The van der Waals surface area contributed by atoms with Gasteiger partial charge in [-0.2, -0.15) is 0 Å². The average Bonchev–Trinajstić information content (AvgIpc) is 2.11. The van der Waals surface area contributed by atoms with Crippen LogP contribution in [-0.2, 0) is 11.6 Å². The van der Waals surface area contributed by atoms with Crippen LogP contribution in [0.4, 0.5) is 0 Å². The number of aromatic nitrogens is 3. The molecule has 1 aromatic rings. The fraction of sp³-hybridized carbons (Fsp3) is 0.667. The summed E-state index contributed by atoms with van der Waals surface area (Å²) >= 11 is 0. The van der Waals surface area contributed by atoms with Crippen LogP contribution in [0.25, 0.3) is 0 Å². The van der Waals surface area contributed by atoms with Crippen LogP contribution in [-0.4, -0.2) is 28.1 Å². The predicted octanol–water partition coefficient (Wildman–Crippen LogP) is 0.372. The van der Waals surface area contributed by atoms with Gasteiger partial charge in [0.1, 0.15) is 13.0 Å². The van der Waals surface area contributed by atoms with Gasteiger partial charge in [0.2, 0.25) is 0 Å². The maximum atomic E-state index is 11.5. The fourth-order valence-corrected chi connectivity index (χ4v) is 1.99. The summed E-state index contributed by atoms with van der Waals surface area (Å²) in [7, 11) is -0.422. The molecule has 0 radical (unpaired) electrons. The molecule has 0 unspecified atom stereocenters. The summed E-state index contributed by atoms with van der Waals surface area (Å²) in [5.41, 5.74) is 0.593. The largest absolute Gasteiger partial charge is 0.316 e. The zero-order valence-corrected chi connectivity index (χ0v) is 8.09. The molecule has 0 fully saturated rings. The van der Waals surface area contributed by atoms with Crippen molar-refractivity contribution in [3.05, 3.63) is 5.82 Å². The minimum absolute atomic E-state index is 0.593. The molecule has 11 heavy (non-hydrogen) atoms. The lowest BCUT2D eigenvalue weighted by atomic mass is 10.7. The number of nitrogens with zero attached hydrogens (tertiary/aromatic N) is 3. The molecule has 0 aliphatic rings. The summed E-state index contributed by atoms with van der Waals surface area (Å²) < 4.78 is 13.3. The summed E-state index contributed by atoms with van der Waals surface area (Å²) in [6.45, 7) is 5.22. The Bertz CT molecular complexity index is 312. The van der Waals surface area contributed by atoms with Crippen molar-refractivity contribution in [1.29, 1.82) is 0 Å². The Morgan fingerprint density at radius 3 is 2.09 bits per heavy atom. The molecule has 4 nitrogen and oxygen atoms in total. The van der Waals surface area contributed by atoms with Crippen molar-refractivity contribution in [3.63, 3.8) is 0 Å². The lowest BCUT2D eigenvalue weighted by Crippen LogP contribution is -2.16. The molecule has 0 amide bonds. The molecule has 1 rings (SSSR count). The van der Waals surface area contributed by atoms with Crippen molar-refractivity contribution in [2.75, 3.05) is 13.3 Å². The van der Waals surface area contributed by atoms with Gasteiger partial charge in [0.25, 0.3) is 0 Å². The zero-order chi connectivity index (χ0) is 8.65. The summed E-state index contributed by atoms with van der Waals surface area (Å²) in [6, 6.07) is 0. The van der Waals surface area contributed by atoms with E-state index in [0.29, 0.717) is 5.57 Å². The van der Waals surface area contributed by atoms with Crippen LogP contribution in [0.2, 0.25) is 0 Å². The van der Waals surface area contributed by atoms with E-state index < -0.39 is 7.14 Å². The Kier molecular flexibility index (Phi) is 1.89. The molecular formula is C6H12N3OP. The molecule has 0 aromatic carbocycles. The number of aryl methyl sites for hydroxylation is 1.